The van der Waals surface area contributed by atoms with Gasteiger partial charge >= 0.3 is 0 Å². The summed E-state index contributed by atoms with van der Waals surface area (Å²) in [6.07, 6.45) is 4.67. The molecule has 1 fully saturated rings. The second kappa shape index (κ2) is 11.0. The number of amides is 1. The fraction of sp³-hybridized carbons (Fsp3) is 0.609. The van der Waals surface area contributed by atoms with Gasteiger partial charge in [0, 0.05) is 6.04 Å². The second-order valence-corrected chi connectivity index (χ2v) is 9.24. The number of carbonyl (C=O) groups is 1. The fourth-order valence-electron chi connectivity index (χ4n) is 4.24. The third-order valence-electron chi connectivity index (χ3n) is 6.31. The summed E-state index contributed by atoms with van der Waals surface area (Å²) in [5, 5.41) is 4.47. The van der Waals surface area contributed by atoms with Gasteiger partial charge in [-0.15, -0.1) is 0 Å². The lowest BCUT2D eigenvalue weighted by Crippen LogP contribution is -3.11. The fourth-order valence-corrected chi connectivity index (χ4v) is 5.07. The number of nitrogens with one attached hydrogen (secondary N) is 2. The minimum atomic E-state index is -0.0176. The molecule has 3 rings (SSSR count). The van der Waals surface area contributed by atoms with Crippen LogP contribution >= 0.6 is 11.8 Å². The van der Waals surface area contributed by atoms with E-state index in [4.69, 9.17) is 4.98 Å². The highest BCUT2D eigenvalue weighted by atomic mass is 32.2. The maximum Gasteiger partial charge on any atom is 0.262 e. The smallest absolute Gasteiger partial charge is 0.262 e. The number of aromatic nitrogens is 2. The molecule has 0 radical (unpaired) electrons. The lowest BCUT2D eigenvalue weighted by Gasteiger charge is -2.29. The number of quaternary nitrogens is 1. The minimum Gasteiger partial charge on any atom is -0.352 e. The molecule has 30 heavy (non-hydrogen) atoms. The maximum absolute atomic E-state index is 13.1. The Bertz CT molecular complexity index is 910. The van der Waals surface area contributed by atoms with Gasteiger partial charge in [-0.3, -0.25) is 14.2 Å². The summed E-state index contributed by atoms with van der Waals surface area (Å²) in [7, 11) is 0. The Kier molecular flexibility index (Phi) is 8.33. The van der Waals surface area contributed by atoms with Crippen LogP contribution in [0.1, 0.15) is 46.5 Å². The average molecular weight is 432 g/mol. The topological polar surface area (TPSA) is 68.4 Å². The minimum absolute atomic E-state index is 0.0176. The largest absolute Gasteiger partial charge is 0.352 e. The predicted octanol–water partition coefficient (Wildman–Crippen LogP) is 2.11. The number of hydrogen-bond donors (Lipinski definition) is 2. The number of fused-ring (bicyclic) bond motifs is 1. The predicted molar refractivity (Wildman–Crippen MR) is 123 cm³/mol. The SMILES string of the molecule is CC[NH+](CC)CCn1c(SCC(=O)N[C@@H]2CCCC[C@@H]2C)nc2ccccc2c1=O. The first kappa shape index (κ1) is 22.8. The molecule has 1 aliphatic rings. The molecule has 0 bridgehead atoms. The third kappa shape index (κ3) is 5.64. The number of hydrogen-bond acceptors (Lipinski definition) is 4. The van der Waals surface area contributed by atoms with E-state index in [0.717, 1.165) is 26.1 Å². The third-order valence-corrected chi connectivity index (χ3v) is 7.28. The van der Waals surface area contributed by atoms with E-state index in [9.17, 15) is 9.59 Å². The number of benzene rings is 1. The normalized spacial score (nSPS) is 19.3. The maximum atomic E-state index is 13.1. The van der Waals surface area contributed by atoms with E-state index in [1.165, 1.54) is 35.9 Å². The van der Waals surface area contributed by atoms with Gasteiger partial charge in [0.2, 0.25) is 5.91 Å². The van der Waals surface area contributed by atoms with E-state index >= 15 is 0 Å². The summed E-state index contributed by atoms with van der Waals surface area (Å²) in [4.78, 5) is 31.9. The number of nitrogens with zero attached hydrogens (tertiary/aromatic N) is 2. The summed E-state index contributed by atoms with van der Waals surface area (Å²) in [5.41, 5.74) is 0.675. The molecule has 0 spiro atoms. The molecule has 1 aromatic heterocycles. The molecule has 1 amide bonds. The van der Waals surface area contributed by atoms with Crippen molar-refractivity contribution >= 4 is 28.6 Å². The van der Waals surface area contributed by atoms with Crippen molar-refractivity contribution in [2.75, 3.05) is 25.4 Å². The molecule has 6 nitrogen and oxygen atoms in total. The molecule has 1 heterocycles. The molecular formula is C23H35N4O2S+. The van der Waals surface area contributed by atoms with Crippen LogP contribution in [-0.4, -0.2) is 46.9 Å². The van der Waals surface area contributed by atoms with Gasteiger partial charge < -0.3 is 10.2 Å². The molecule has 0 aliphatic heterocycles. The van der Waals surface area contributed by atoms with Crippen LogP contribution in [0, 0.1) is 5.92 Å². The van der Waals surface area contributed by atoms with Crippen molar-refractivity contribution in [1.82, 2.24) is 14.9 Å². The Morgan fingerprint density at radius 2 is 1.97 bits per heavy atom. The summed E-state index contributed by atoms with van der Waals surface area (Å²) in [6.45, 7) is 10.1. The van der Waals surface area contributed by atoms with Crippen molar-refractivity contribution in [3.63, 3.8) is 0 Å². The standard InChI is InChI=1S/C23H34N4O2S/c1-4-26(5-2)14-15-27-22(29)18-11-7-9-13-20(18)25-23(27)30-16-21(28)24-19-12-8-6-10-17(19)3/h7,9,11,13,17,19H,4-6,8,10,12,14-16H2,1-3H3,(H,24,28)/p+1/t17-,19+/m0/s1. The molecule has 7 heteroatoms. The van der Waals surface area contributed by atoms with Crippen molar-refractivity contribution in [2.24, 2.45) is 5.92 Å². The van der Waals surface area contributed by atoms with Crippen molar-refractivity contribution in [1.29, 1.82) is 0 Å². The zero-order valence-corrected chi connectivity index (χ0v) is 19.3. The zero-order chi connectivity index (χ0) is 21.5. The molecule has 0 saturated heterocycles. The van der Waals surface area contributed by atoms with Gasteiger partial charge in [-0.25, -0.2) is 4.98 Å². The van der Waals surface area contributed by atoms with Crippen LogP contribution in [0.2, 0.25) is 0 Å². The zero-order valence-electron chi connectivity index (χ0n) is 18.4. The van der Waals surface area contributed by atoms with Gasteiger partial charge in [0.05, 0.1) is 42.8 Å². The molecule has 1 aromatic carbocycles. The Morgan fingerprint density at radius 3 is 2.70 bits per heavy atom. The van der Waals surface area contributed by atoms with Crippen LogP contribution in [0.5, 0.6) is 0 Å². The Morgan fingerprint density at radius 1 is 1.23 bits per heavy atom. The van der Waals surface area contributed by atoms with Crippen LogP contribution in [0.15, 0.2) is 34.2 Å². The highest BCUT2D eigenvalue weighted by Gasteiger charge is 2.23. The second-order valence-electron chi connectivity index (χ2n) is 8.30. The van der Waals surface area contributed by atoms with Crippen LogP contribution in [-0.2, 0) is 11.3 Å². The first-order valence-corrected chi connectivity index (χ1v) is 12.3. The summed E-state index contributed by atoms with van der Waals surface area (Å²) in [5.74, 6) is 0.843. The van der Waals surface area contributed by atoms with Crippen molar-refractivity contribution in [3.8, 4) is 0 Å². The summed E-state index contributed by atoms with van der Waals surface area (Å²) < 4.78 is 1.76. The first-order valence-electron chi connectivity index (χ1n) is 11.3. The Balaban J connectivity index is 1.76. The van der Waals surface area contributed by atoms with Crippen molar-refractivity contribution in [2.45, 2.75) is 64.2 Å². The first-order chi connectivity index (χ1) is 14.5. The van der Waals surface area contributed by atoms with Gasteiger partial charge in [-0.1, -0.05) is 43.7 Å². The van der Waals surface area contributed by atoms with E-state index < -0.39 is 0 Å². The monoisotopic (exact) mass is 431 g/mol. The van der Waals surface area contributed by atoms with Crippen molar-refractivity contribution in [3.05, 3.63) is 34.6 Å². The van der Waals surface area contributed by atoms with E-state index in [-0.39, 0.29) is 23.3 Å². The molecular weight excluding hydrogens is 396 g/mol. The summed E-state index contributed by atoms with van der Waals surface area (Å²) in [6, 6.07) is 7.73. The molecule has 2 atom stereocenters. The lowest BCUT2D eigenvalue weighted by atomic mass is 9.86. The van der Waals surface area contributed by atoms with Crippen LogP contribution in [0.3, 0.4) is 0 Å². The molecule has 2 N–H and O–H groups in total. The van der Waals surface area contributed by atoms with E-state index in [2.05, 4.69) is 26.1 Å². The molecule has 1 saturated carbocycles. The highest BCUT2D eigenvalue weighted by molar-refractivity contribution is 7.99. The van der Waals surface area contributed by atoms with Gasteiger partial charge in [-0.05, 0) is 44.7 Å². The average Bonchev–Trinajstić information content (AvgIpc) is 2.76. The molecule has 0 unspecified atom stereocenters. The van der Waals surface area contributed by atoms with Crippen LogP contribution in [0.4, 0.5) is 0 Å². The number of rotatable bonds is 9. The van der Waals surface area contributed by atoms with Gasteiger partial charge in [-0.2, -0.15) is 0 Å². The number of likely N-dealkylation sites (N-methyl/N-ethyl adjacent to an activating group) is 1. The summed E-state index contributed by atoms with van der Waals surface area (Å²) >= 11 is 1.37. The van der Waals surface area contributed by atoms with Crippen molar-refractivity contribution < 1.29 is 9.69 Å². The quantitative estimate of drug-likeness (QED) is 0.471. The Hall–Kier alpha value is -1.86. The number of para-hydroxylation sites is 1. The van der Waals surface area contributed by atoms with E-state index in [1.807, 2.05) is 24.3 Å². The number of carbonyl (C=O) groups excluding carboxylic acids is 1. The molecule has 1 aliphatic carbocycles. The highest BCUT2D eigenvalue weighted by Crippen LogP contribution is 2.24. The van der Waals surface area contributed by atoms with Gasteiger partial charge in [0.15, 0.2) is 5.16 Å². The number of thioether (sulfide) groups is 1. The van der Waals surface area contributed by atoms with E-state index in [0.29, 0.717) is 28.5 Å². The molecule has 2 aromatic rings. The Labute approximate surface area is 183 Å². The van der Waals surface area contributed by atoms with Gasteiger partial charge in [0.25, 0.3) is 5.56 Å². The van der Waals surface area contributed by atoms with E-state index in [1.54, 1.807) is 4.57 Å². The van der Waals surface area contributed by atoms with Crippen LogP contribution < -0.4 is 15.8 Å². The van der Waals surface area contributed by atoms with Crippen LogP contribution in [0.25, 0.3) is 10.9 Å². The molecule has 164 valence electrons. The lowest BCUT2D eigenvalue weighted by molar-refractivity contribution is -0.897. The van der Waals surface area contributed by atoms with Gasteiger partial charge in [0.1, 0.15) is 0 Å².